The second-order valence-corrected chi connectivity index (χ2v) is 7.84. The van der Waals surface area contributed by atoms with Gasteiger partial charge >= 0.3 is 6.03 Å². The van der Waals surface area contributed by atoms with E-state index < -0.39 is 5.92 Å². The van der Waals surface area contributed by atoms with Gasteiger partial charge in [0.05, 0.1) is 12.3 Å². The Morgan fingerprint density at radius 3 is 2.68 bits per heavy atom. The van der Waals surface area contributed by atoms with Crippen molar-refractivity contribution in [2.75, 3.05) is 11.9 Å². The maximum absolute atomic E-state index is 13.1. The molecule has 2 aromatic rings. The summed E-state index contributed by atoms with van der Waals surface area (Å²) < 4.78 is 0. The van der Waals surface area contributed by atoms with Gasteiger partial charge in [-0.3, -0.25) is 4.79 Å². The van der Waals surface area contributed by atoms with Crippen molar-refractivity contribution in [2.24, 2.45) is 15.9 Å². The number of nitrogens with one attached hydrogen (secondary N) is 1. The first-order chi connectivity index (χ1) is 15.0. The quantitative estimate of drug-likeness (QED) is 0.736. The van der Waals surface area contributed by atoms with E-state index in [9.17, 15) is 9.59 Å². The van der Waals surface area contributed by atoms with E-state index in [0.717, 1.165) is 11.1 Å². The maximum atomic E-state index is 13.1. The van der Waals surface area contributed by atoms with Gasteiger partial charge < -0.3 is 10.2 Å². The van der Waals surface area contributed by atoms with Crippen molar-refractivity contribution < 1.29 is 9.59 Å². The van der Waals surface area contributed by atoms with Gasteiger partial charge in [-0.05, 0) is 48.4 Å². The first-order valence-corrected chi connectivity index (χ1v) is 10.3. The fraction of sp³-hybridized carbons (Fsp3) is 0.167. The smallest absolute Gasteiger partial charge is 0.313 e. The van der Waals surface area contributed by atoms with Gasteiger partial charge in [-0.2, -0.15) is 4.99 Å². The number of urea groups is 1. The number of carbonyl (C=O) groups excluding carboxylic acids is 2. The highest BCUT2D eigenvalue weighted by molar-refractivity contribution is 6.30. The van der Waals surface area contributed by atoms with Crippen LogP contribution < -0.4 is 5.32 Å². The molecule has 1 N–H and O–H groups in total. The molecule has 1 aliphatic heterocycles. The molecular weight excluding hydrogens is 412 g/mol. The van der Waals surface area contributed by atoms with Gasteiger partial charge in [0.1, 0.15) is 5.92 Å². The zero-order chi connectivity index (χ0) is 21.8. The summed E-state index contributed by atoms with van der Waals surface area (Å²) in [5, 5.41) is 3.54. The zero-order valence-corrected chi connectivity index (χ0v) is 17.7. The Balaban J connectivity index is 1.57. The molecule has 1 aliphatic carbocycles. The number of aryl methyl sites for hydroxylation is 1. The highest BCUT2D eigenvalue weighted by atomic mass is 35.5. The van der Waals surface area contributed by atoms with Crippen molar-refractivity contribution in [2.45, 2.75) is 13.5 Å². The second kappa shape index (κ2) is 9.10. The molecule has 0 radical (unpaired) electrons. The number of hydrogen-bond donors (Lipinski definition) is 1. The van der Waals surface area contributed by atoms with Crippen molar-refractivity contribution in [1.29, 1.82) is 0 Å². The van der Waals surface area contributed by atoms with Crippen LogP contribution in [0.1, 0.15) is 11.1 Å². The number of rotatable bonds is 5. The predicted octanol–water partition coefficient (Wildman–Crippen LogP) is 4.80. The number of aliphatic imine (C=N–C) groups is 2. The molecule has 31 heavy (non-hydrogen) atoms. The molecule has 0 fully saturated rings. The maximum Gasteiger partial charge on any atom is 0.322 e. The summed E-state index contributed by atoms with van der Waals surface area (Å²) in [4.78, 5) is 35.8. The highest BCUT2D eigenvalue weighted by Crippen LogP contribution is 2.18. The van der Waals surface area contributed by atoms with E-state index in [4.69, 9.17) is 11.6 Å². The molecule has 0 saturated carbocycles. The summed E-state index contributed by atoms with van der Waals surface area (Å²) in [5.41, 5.74) is 3.28. The molecular formula is C24H21ClN4O2. The molecule has 4 rings (SSSR count). The molecule has 0 saturated heterocycles. The number of halogens is 1. The van der Waals surface area contributed by atoms with E-state index in [1.165, 1.54) is 0 Å². The number of benzene rings is 2. The molecule has 0 bridgehead atoms. The van der Waals surface area contributed by atoms with Crippen LogP contribution >= 0.6 is 11.6 Å². The van der Waals surface area contributed by atoms with Crippen LogP contribution in [-0.4, -0.2) is 34.9 Å². The first kappa shape index (κ1) is 20.8. The fourth-order valence-corrected chi connectivity index (χ4v) is 3.52. The zero-order valence-electron chi connectivity index (χ0n) is 17.0. The monoisotopic (exact) mass is 432 g/mol. The standard InChI is InChI=1S/C24H21ClN4O2/c1-16-5-4-6-19(13-16)26-24(31)29(14-17-9-11-18(25)12-10-17)15-22-27-21-8-3-2-7-20(21)23(30)28-22/h2-13,20H,14-15H2,1H3,(H,26,31). The minimum absolute atomic E-state index is 0.0970. The topological polar surface area (TPSA) is 74.1 Å². The van der Waals surface area contributed by atoms with Crippen LogP contribution in [0.15, 0.2) is 82.8 Å². The van der Waals surface area contributed by atoms with Gasteiger partial charge in [-0.15, -0.1) is 0 Å². The summed E-state index contributed by atoms with van der Waals surface area (Å²) >= 11 is 5.99. The van der Waals surface area contributed by atoms with Gasteiger partial charge in [0.2, 0.25) is 0 Å². The lowest BCUT2D eigenvalue weighted by atomic mass is 9.96. The lowest BCUT2D eigenvalue weighted by molar-refractivity contribution is -0.118. The predicted molar refractivity (Wildman–Crippen MR) is 124 cm³/mol. The van der Waals surface area contributed by atoms with Gasteiger partial charge in [0.25, 0.3) is 5.91 Å². The molecule has 2 aromatic carbocycles. The van der Waals surface area contributed by atoms with E-state index >= 15 is 0 Å². The number of amidine groups is 1. The van der Waals surface area contributed by atoms with Gasteiger partial charge in [0.15, 0.2) is 5.84 Å². The summed E-state index contributed by atoms with van der Waals surface area (Å²) in [5.74, 6) is -0.407. The Kier molecular flexibility index (Phi) is 6.09. The lowest BCUT2D eigenvalue weighted by Crippen LogP contribution is -2.40. The SMILES string of the molecule is Cc1cccc(NC(=O)N(CC2=NC(=O)C3C=CC=CC3=N2)Cc2ccc(Cl)cc2)c1. The Morgan fingerprint density at radius 1 is 1.10 bits per heavy atom. The minimum Gasteiger partial charge on any atom is -0.313 e. The molecule has 6 nitrogen and oxygen atoms in total. The largest absolute Gasteiger partial charge is 0.322 e. The number of nitrogens with zero attached hydrogens (tertiary/aromatic N) is 3. The first-order valence-electron chi connectivity index (χ1n) is 9.90. The molecule has 1 atom stereocenters. The normalized spacial score (nSPS) is 17.0. The van der Waals surface area contributed by atoms with Crippen molar-refractivity contribution in [3.63, 3.8) is 0 Å². The number of fused-ring (bicyclic) bond motifs is 1. The number of anilines is 1. The van der Waals surface area contributed by atoms with Crippen molar-refractivity contribution >= 4 is 40.8 Å². The third kappa shape index (κ3) is 5.16. The van der Waals surface area contributed by atoms with Crippen molar-refractivity contribution in [3.05, 3.63) is 89.0 Å². The summed E-state index contributed by atoms with van der Waals surface area (Å²) in [6, 6.07) is 14.5. The van der Waals surface area contributed by atoms with Crippen molar-refractivity contribution in [1.82, 2.24) is 4.90 Å². The van der Waals surface area contributed by atoms with E-state index in [-0.39, 0.29) is 18.5 Å². The summed E-state index contributed by atoms with van der Waals surface area (Å²) in [6.45, 7) is 2.37. The minimum atomic E-state index is -0.445. The van der Waals surface area contributed by atoms with Gasteiger partial charge in [-0.25, -0.2) is 9.79 Å². The molecule has 0 aromatic heterocycles. The number of hydrogen-bond acceptors (Lipinski definition) is 3. The molecule has 3 amide bonds. The molecule has 156 valence electrons. The van der Waals surface area contributed by atoms with Crippen molar-refractivity contribution in [3.8, 4) is 0 Å². The van der Waals surface area contributed by atoms with E-state index in [1.54, 1.807) is 29.2 Å². The summed E-state index contributed by atoms with van der Waals surface area (Å²) in [6.07, 6.45) is 7.22. The van der Waals surface area contributed by atoms with Crippen LogP contribution in [0, 0.1) is 12.8 Å². The third-order valence-electron chi connectivity index (χ3n) is 4.94. The van der Waals surface area contributed by atoms with Gasteiger partial charge in [-0.1, -0.05) is 54.1 Å². The van der Waals surface area contributed by atoms with Crippen LogP contribution in [-0.2, 0) is 11.3 Å². The van der Waals surface area contributed by atoms with Crippen LogP contribution in [0.25, 0.3) is 0 Å². The summed E-state index contributed by atoms with van der Waals surface area (Å²) in [7, 11) is 0. The second-order valence-electron chi connectivity index (χ2n) is 7.41. The number of allylic oxidation sites excluding steroid dienone is 3. The van der Waals surface area contributed by atoms with Crippen LogP contribution in [0.3, 0.4) is 0 Å². The molecule has 7 heteroatoms. The Morgan fingerprint density at radius 2 is 1.90 bits per heavy atom. The van der Waals surface area contributed by atoms with E-state index in [2.05, 4.69) is 15.3 Å². The van der Waals surface area contributed by atoms with Crippen LogP contribution in [0.5, 0.6) is 0 Å². The molecule has 2 aliphatic rings. The fourth-order valence-electron chi connectivity index (χ4n) is 3.39. The van der Waals surface area contributed by atoms with E-state index in [1.807, 2.05) is 55.5 Å². The van der Waals surface area contributed by atoms with E-state index in [0.29, 0.717) is 28.8 Å². The molecule has 1 heterocycles. The highest BCUT2D eigenvalue weighted by Gasteiger charge is 2.27. The Labute approximate surface area is 185 Å². The number of carbonyl (C=O) groups is 2. The number of amides is 3. The Hall–Kier alpha value is -3.51. The van der Waals surface area contributed by atoms with Crippen LogP contribution in [0.4, 0.5) is 10.5 Å². The average Bonchev–Trinajstić information content (AvgIpc) is 2.75. The molecule has 0 spiro atoms. The average molecular weight is 433 g/mol. The Bertz CT molecular complexity index is 1130. The van der Waals surface area contributed by atoms with Gasteiger partial charge in [0, 0.05) is 17.3 Å². The third-order valence-corrected chi connectivity index (χ3v) is 5.19. The lowest BCUT2D eigenvalue weighted by Gasteiger charge is -2.25. The van der Waals surface area contributed by atoms with Crippen LogP contribution in [0.2, 0.25) is 5.02 Å². The molecule has 1 unspecified atom stereocenters.